The Morgan fingerprint density at radius 2 is 1.47 bits per heavy atom. The summed E-state index contributed by atoms with van der Waals surface area (Å²) in [5.41, 5.74) is 0. The van der Waals surface area contributed by atoms with E-state index in [9.17, 15) is 14.4 Å². The topological polar surface area (TPSA) is 95.5 Å². The highest BCUT2D eigenvalue weighted by Crippen LogP contribution is 1.97. The SMILES string of the molecule is CC(C)NC(=O)CCCC(=O)N[C@H](C)C(=O)O. The third-order valence-electron chi connectivity index (χ3n) is 2.01. The number of hydrogen-bond acceptors (Lipinski definition) is 3. The van der Waals surface area contributed by atoms with Crippen molar-refractivity contribution in [1.82, 2.24) is 10.6 Å². The number of carboxylic acid groups (broad SMARTS) is 1. The van der Waals surface area contributed by atoms with Crippen LogP contribution in [0.5, 0.6) is 0 Å². The Labute approximate surface area is 101 Å². The third kappa shape index (κ3) is 8.24. The van der Waals surface area contributed by atoms with Crippen molar-refractivity contribution < 1.29 is 19.5 Å². The van der Waals surface area contributed by atoms with Gasteiger partial charge in [0, 0.05) is 18.9 Å². The van der Waals surface area contributed by atoms with E-state index in [2.05, 4.69) is 10.6 Å². The van der Waals surface area contributed by atoms with Crippen LogP contribution in [0.4, 0.5) is 0 Å². The molecule has 0 saturated carbocycles. The van der Waals surface area contributed by atoms with E-state index in [0.717, 1.165) is 0 Å². The molecule has 0 aliphatic rings. The fourth-order valence-electron chi connectivity index (χ4n) is 1.18. The molecular weight excluding hydrogens is 224 g/mol. The van der Waals surface area contributed by atoms with Crippen LogP contribution in [0.1, 0.15) is 40.0 Å². The second-order valence-electron chi connectivity index (χ2n) is 4.20. The Balaban J connectivity index is 3.71. The average Bonchev–Trinajstić information content (AvgIpc) is 2.15. The molecular formula is C11H20N2O4. The smallest absolute Gasteiger partial charge is 0.325 e. The zero-order valence-electron chi connectivity index (χ0n) is 10.4. The molecule has 0 heterocycles. The van der Waals surface area contributed by atoms with Gasteiger partial charge in [0.25, 0.3) is 0 Å². The first-order chi connectivity index (χ1) is 7.82. The van der Waals surface area contributed by atoms with Gasteiger partial charge in [0.2, 0.25) is 11.8 Å². The maximum Gasteiger partial charge on any atom is 0.325 e. The number of nitrogens with one attached hydrogen (secondary N) is 2. The summed E-state index contributed by atoms with van der Waals surface area (Å²) in [6, 6.07) is -0.810. The van der Waals surface area contributed by atoms with Crippen molar-refractivity contribution in [2.45, 2.75) is 52.1 Å². The van der Waals surface area contributed by atoms with Crippen LogP contribution in [-0.4, -0.2) is 35.0 Å². The van der Waals surface area contributed by atoms with Crippen LogP contribution in [0.3, 0.4) is 0 Å². The van der Waals surface area contributed by atoms with E-state index < -0.39 is 12.0 Å². The number of hydrogen-bond donors (Lipinski definition) is 3. The lowest BCUT2D eigenvalue weighted by atomic mass is 10.2. The summed E-state index contributed by atoms with van der Waals surface area (Å²) >= 11 is 0. The summed E-state index contributed by atoms with van der Waals surface area (Å²) in [6.07, 6.45) is 0.840. The molecule has 0 fully saturated rings. The highest BCUT2D eigenvalue weighted by atomic mass is 16.4. The maximum atomic E-state index is 11.3. The molecule has 0 rings (SSSR count). The van der Waals surface area contributed by atoms with Crippen LogP contribution in [0.15, 0.2) is 0 Å². The number of carboxylic acids is 1. The largest absolute Gasteiger partial charge is 0.480 e. The number of carbonyl (C=O) groups excluding carboxylic acids is 2. The highest BCUT2D eigenvalue weighted by molar-refractivity contribution is 5.83. The average molecular weight is 244 g/mol. The number of aliphatic carboxylic acids is 1. The summed E-state index contributed by atoms with van der Waals surface area (Å²) in [6.45, 7) is 5.12. The van der Waals surface area contributed by atoms with E-state index in [0.29, 0.717) is 6.42 Å². The maximum absolute atomic E-state index is 11.3. The van der Waals surface area contributed by atoms with Crippen LogP contribution >= 0.6 is 0 Å². The second kappa shape index (κ2) is 7.65. The van der Waals surface area contributed by atoms with Gasteiger partial charge in [-0.05, 0) is 27.2 Å². The summed E-state index contributed by atoms with van der Waals surface area (Å²) in [5.74, 6) is -1.52. The molecule has 1 atom stereocenters. The van der Waals surface area contributed by atoms with E-state index in [1.807, 2.05) is 13.8 Å². The zero-order valence-corrected chi connectivity index (χ0v) is 10.4. The van der Waals surface area contributed by atoms with Crippen molar-refractivity contribution >= 4 is 17.8 Å². The molecule has 3 N–H and O–H groups in total. The number of rotatable bonds is 7. The molecule has 0 aliphatic heterocycles. The fourth-order valence-corrected chi connectivity index (χ4v) is 1.18. The number of carbonyl (C=O) groups is 3. The lowest BCUT2D eigenvalue weighted by molar-refractivity contribution is -0.141. The van der Waals surface area contributed by atoms with Gasteiger partial charge >= 0.3 is 5.97 Å². The minimum atomic E-state index is -1.07. The monoisotopic (exact) mass is 244 g/mol. The number of amides is 2. The normalized spacial score (nSPS) is 12.0. The van der Waals surface area contributed by atoms with Gasteiger partial charge in [-0.25, -0.2) is 0 Å². The first-order valence-electron chi connectivity index (χ1n) is 5.64. The fraction of sp³-hybridized carbons (Fsp3) is 0.727. The van der Waals surface area contributed by atoms with Crippen LogP contribution in [-0.2, 0) is 14.4 Å². The van der Waals surface area contributed by atoms with Crippen molar-refractivity contribution in [1.29, 1.82) is 0 Å². The Kier molecular flexibility index (Phi) is 6.93. The molecule has 0 aromatic carbocycles. The predicted molar refractivity (Wildman–Crippen MR) is 62.4 cm³/mol. The molecule has 0 aromatic heterocycles. The van der Waals surface area contributed by atoms with Gasteiger partial charge in [-0.15, -0.1) is 0 Å². The van der Waals surface area contributed by atoms with E-state index in [4.69, 9.17) is 5.11 Å². The molecule has 0 saturated heterocycles. The van der Waals surface area contributed by atoms with E-state index in [1.165, 1.54) is 6.92 Å². The Morgan fingerprint density at radius 1 is 1.00 bits per heavy atom. The third-order valence-corrected chi connectivity index (χ3v) is 2.01. The molecule has 0 bridgehead atoms. The highest BCUT2D eigenvalue weighted by Gasteiger charge is 2.13. The molecule has 17 heavy (non-hydrogen) atoms. The van der Waals surface area contributed by atoms with Crippen molar-refractivity contribution in [3.05, 3.63) is 0 Å². The minimum Gasteiger partial charge on any atom is -0.480 e. The summed E-state index contributed by atoms with van der Waals surface area (Å²) in [5, 5.41) is 13.6. The second-order valence-corrected chi connectivity index (χ2v) is 4.20. The molecule has 0 unspecified atom stereocenters. The van der Waals surface area contributed by atoms with Crippen molar-refractivity contribution in [3.8, 4) is 0 Å². The molecule has 0 aliphatic carbocycles. The molecule has 6 nitrogen and oxygen atoms in total. The Hall–Kier alpha value is -1.59. The van der Waals surface area contributed by atoms with E-state index in [1.54, 1.807) is 0 Å². The first-order valence-corrected chi connectivity index (χ1v) is 5.64. The van der Waals surface area contributed by atoms with Crippen LogP contribution in [0.2, 0.25) is 0 Å². The van der Waals surface area contributed by atoms with Crippen molar-refractivity contribution in [3.63, 3.8) is 0 Å². The molecule has 0 radical (unpaired) electrons. The van der Waals surface area contributed by atoms with Gasteiger partial charge in [-0.3, -0.25) is 14.4 Å². The summed E-state index contributed by atoms with van der Waals surface area (Å²) < 4.78 is 0. The molecule has 0 spiro atoms. The van der Waals surface area contributed by atoms with Crippen molar-refractivity contribution in [2.75, 3.05) is 0 Å². The van der Waals surface area contributed by atoms with Crippen molar-refractivity contribution in [2.24, 2.45) is 0 Å². The van der Waals surface area contributed by atoms with Gasteiger partial charge in [0.15, 0.2) is 0 Å². The van der Waals surface area contributed by atoms with Gasteiger partial charge in [0.05, 0.1) is 0 Å². The van der Waals surface area contributed by atoms with Gasteiger partial charge in [-0.1, -0.05) is 0 Å². The quantitative estimate of drug-likeness (QED) is 0.599. The summed E-state index contributed by atoms with van der Waals surface area (Å²) in [7, 11) is 0. The van der Waals surface area contributed by atoms with Gasteiger partial charge in [0.1, 0.15) is 6.04 Å². The van der Waals surface area contributed by atoms with Gasteiger partial charge < -0.3 is 15.7 Å². The standard InChI is InChI=1S/C11H20N2O4/c1-7(2)12-9(14)5-4-6-10(15)13-8(3)11(16)17/h7-8H,4-6H2,1-3H3,(H,12,14)(H,13,15)(H,16,17)/t8-/m1/s1. The molecule has 98 valence electrons. The molecule has 6 heteroatoms. The van der Waals surface area contributed by atoms with Crippen LogP contribution in [0.25, 0.3) is 0 Å². The van der Waals surface area contributed by atoms with Crippen LogP contribution in [0, 0.1) is 0 Å². The van der Waals surface area contributed by atoms with E-state index in [-0.39, 0.29) is 30.7 Å². The Morgan fingerprint density at radius 3 is 1.88 bits per heavy atom. The summed E-state index contributed by atoms with van der Waals surface area (Å²) in [4.78, 5) is 32.9. The zero-order chi connectivity index (χ0) is 13.4. The first kappa shape index (κ1) is 15.4. The van der Waals surface area contributed by atoms with Gasteiger partial charge in [-0.2, -0.15) is 0 Å². The molecule has 2 amide bonds. The lowest BCUT2D eigenvalue weighted by Crippen LogP contribution is -2.38. The molecule has 0 aromatic rings. The predicted octanol–water partition coefficient (Wildman–Crippen LogP) is 0.271. The minimum absolute atomic E-state index is 0.0864. The Bertz CT molecular complexity index is 289. The van der Waals surface area contributed by atoms with E-state index >= 15 is 0 Å². The lowest BCUT2D eigenvalue weighted by Gasteiger charge is -2.10. The van der Waals surface area contributed by atoms with Crippen LogP contribution < -0.4 is 10.6 Å².